The van der Waals surface area contributed by atoms with Crippen molar-refractivity contribution in [2.45, 2.75) is 11.8 Å². The van der Waals surface area contributed by atoms with Gasteiger partial charge in [0.05, 0.1) is 13.0 Å². The Labute approximate surface area is 173 Å². The van der Waals surface area contributed by atoms with Crippen LogP contribution >= 0.6 is 23.4 Å². The molecule has 2 fully saturated rings. The molecule has 2 saturated heterocycles. The molecule has 2 aliphatic heterocycles. The minimum absolute atomic E-state index is 0.0225. The van der Waals surface area contributed by atoms with E-state index in [4.69, 9.17) is 16.3 Å². The molecule has 2 atom stereocenters. The van der Waals surface area contributed by atoms with Gasteiger partial charge in [0, 0.05) is 42.0 Å². The quantitative estimate of drug-likeness (QED) is 0.756. The van der Waals surface area contributed by atoms with E-state index in [1.54, 1.807) is 23.8 Å². The molecule has 146 valence electrons. The lowest BCUT2D eigenvalue weighted by Crippen LogP contribution is -2.37. The van der Waals surface area contributed by atoms with Crippen molar-refractivity contribution in [3.8, 4) is 5.75 Å². The van der Waals surface area contributed by atoms with E-state index in [-0.39, 0.29) is 29.5 Å². The molecule has 2 amide bonds. The first-order chi connectivity index (χ1) is 13.6. The minimum Gasteiger partial charge on any atom is -0.497 e. The monoisotopic (exact) mass is 416 g/mol. The number of thioether (sulfide) groups is 1. The molecule has 2 aromatic rings. The number of anilines is 1. The van der Waals surface area contributed by atoms with Crippen LogP contribution in [0, 0.1) is 5.92 Å². The van der Waals surface area contributed by atoms with Gasteiger partial charge in [-0.2, -0.15) is 0 Å². The summed E-state index contributed by atoms with van der Waals surface area (Å²) >= 11 is 7.74. The summed E-state index contributed by atoms with van der Waals surface area (Å²) in [5.41, 5.74) is 1.83. The van der Waals surface area contributed by atoms with E-state index in [1.165, 1.54) is 0 Å². The first-order valence-electron chi connectivity index (χ1n) is 9.19. The van der Waals surface area contributed by atoms with Crippen LogP contribution in [0.2, 0.25) is 5.02 Å². The zero-order valence-corrected chi connectivity index (χ0v) is 17.1. The summed E-state index contributed by atoms with van der Waals surface area (Å²) in [6, 6.07) is 15.0. The molecule has 0 aliphatic carbocycles. The van der Waals surface area contributed by atoms with Gasteiger partial charge in [0.15, 0.2) is 0 Å². The molecule has 0 N–H and O–H groups in total. The fourth-order valence-electron chi connectivity index (χ4n) is 3.73. The molecule has 0 aromatic heterocycles. The zero-order valence-electron chi connectivity index (χ0n) is 15.5. The molecule has 5 nitrogen and oxygen atoms in total. The molecular formula is C21H21ClN2O3S. The van der Waals surface area contributed by atoms with Crippen molar-refractivity contribution < 1.29 is 14.3 Å². The predicted octanol–water partition coefficient (Wildman–Crippen LogP) is 3.98. The number of benzene rings is 2. The number of ether oxygens (including phenoxy) is 1. The lowest BCUT2D eigenvalue weighted by atomic mass is 10.1. The van der Waals surface area contributed by atoms with Gasteiger partial charge in [0.25, 0.3) is 0 Å². The molecule has 2 aromatic carbocycles. The molecule has 4 rings (SSSR count). The van der Waals surface area contributed by atoms with E-state index in [0.29, 0.717) is 23.9 Å². The van der Waals surface area contributed by atoms with Crippen LogP contribution in [-0.2, 0) is 9.59 Å². The van der Waals surface area contributed by atoms with Gasteiger partial charge in [-0.15, -0.1) is 11.8 Å². The van der Waals surface area contributed by atoms with Crippen LogP contribution in [0.25, 0.3) is 0 Å². The minimum atomic E-state index is -0.327. The van der Waals surface area contributed by atoms with Gasteiger partial charge in [0.2, 0.25) is 11.8 Å². The van der Waals surface area contributed by atoms with Gasteiger partial charge < -0.3 is 14.5 Å². The van der Waals surface area contributed by atoms with Crippen LogP contribution in [0.4, 0.5) is 5.69 Å². The first-order valence-corrected chi connectivity index (χ1v) is 10.6. The average Bonchev–Trinajstić information content (AvgIpc) is 3.35. The van der Waals surface area contributed by atoms with Gasteiger partial charge in [-0.25, -0.2) is 0 Å². The van der Waals surface area contributed by atoms with E-state index in [2.05, 4.69) is 0 Å². The second kappa shape index (κ2) is 8.05. The number of amides is 2. The molecule has 7 heteroatoms. The van der Waals surface area contributed by atoms with Crippen molar-refractivity contribution in [1.29, 1.82) is 0 Å². The van der Waals surface area contributed by atoms with Crippen LogP contribution in [0.3, 0.4) is 0 Å². The van der Waals surface area contributed by atoms with Gasteiger partial charge in [-0.05, 0) is 29.8 Å². The van der Waals surface area contributed by atoms with Crippen molar-refractivity contribution in [2.24, 2.45) is 5.92 Å². The first kappa shape index (κ1) is 19.2. The normalized spacial score (nSPS) is 22.0. The third-order valence-electron chi connectivity index (χ3n) is 5.17. The van der Waals surface area contributed by atoms with Gasteiger partial charge in [0.1, 0.15) is 11.1 Å². The Kier molecular flexibility index (Phi) is 5.51. The summed E-state index contributed by atoms with van der Waals surface area (Å²) < 4.78 is 5.25. The average molecular weight is 417 g/mol. The Morgan fingerprint density at radius 2 is 2.00 bits per heavy atom. The van der Waals surface area contributed by atoms with Crippen LogP contribution in [0.1, 0.15) is 17.4 Å². The van der Waals surface area contributed by atoms with Crippen molar-refractivity contribution in [2.75, 3.05) is 30.9 Å². The number of hydrogen-bond acceptors (Lipinski definition) is 4. The zero-order chi connectivity index (χ0) is 19.7. The second-order valence-electron chi connectivity index (χ2n) is 6.91. The second-order valence-corrected chi connectivity index (χ2v) is 8.54. The van der Waals surface area contributed by atoms with E-state index >= 15 is 0 Å². The summed E-state index contributed by atoms with van der Waals surface area (Å²) in [5.74, 6) is 1.27. The summed E-state index contributed by atoms with van der Waals surface area (Å²) in [6.07, 6.45) is 0.241. The van der Waals surface area contributed by atoms with E-state index in [1.807, 2.05) is 53.4 Å². The van der Waals surface area contributed by atoms with E-state index in [0.717, 1.165) is 17.0 Å². The number of methoxy groups -OCH3 is 1. The highest BCUT2D eigenvalue weighted by molar-refractivity contribution is 7.99. The Morgan fingerprint density at radius 1 is 1.21 bits per heavy atom. The van der Waals surface area contributed by atoms with Crippen molar-refractivity contribution >= 4 is 40.9 Å². The van der Waals surface area contributed by atoms with Gasteiger partial charge in [-0.1, -0.05) is 29.8 Å². The number of carbonyl (C=O) groups excluding carboxylic acids is 2. The molecule has 2 unspecified atom stereocenters. The third-order valence-corrected chi connectivity index (χ3v) is 6.68. The summed E-state index contributed by atoms with van der Waals surface area (Å²) in [5, 5.41) is 0.658. The highest BCUT2D eigenvalue weighted by Crippen LogP contribution is 2.40. The number of nitrogens with zero attached hydrogens (tertiary/aromatic N) is 2. The molecule has 0 spiro atoms. The molecule has 0 radical (unpaired) electrons. The van der Waals surface area contributed by atoms with Crippen LogP contribution in [-0.4, -0.2) is 42.7 Å². The Balaban J connectivity index is 1.50. The predicted molar refractivity (Wildman–Crippen MR) is 112 cm³/mol. The Hall–Kier alpha value is -2.18. The molecule has 28 heavy (non-hydrogen) atoms. The molecular weight excluding hydrogens is 396 g/mol. The third kappa shape index (κ3) is 3.71. The van der Waals surface area contributed by atoms with E-state index in [9.17, 15) is 9.59 Å². The van der Waals surface area contributed by atoms with Crippen molar-refractivity contribution in [3.05, 3.63) is 59.1 Å². The van der Waals surface area contributed by atoms with Crippen molar-refractivity contribution in [3.63, 3.8) is 0 Å². The molecule has 0 saturated carbocycles. The topological polar surface area (TPSA) is 49.9 Å². The molecule has 2 aliphatic rings. The van der Waals surface area contributed by atoms with E-state index < -0.39 is 0 Å². The Morgan fingerprint density at radius 3 is 2.75 bits per heavy atom. The standard InChI is InChI=1S/C21H21ClN2O3S/c1-27-18-4-2-3-17(12-18)24-13-15(11-19(24)25)20(26)23-9-10-28-21(23)14-5-7-16(22)8-6-14/h2-8,12,15,21H,9-11,13H2,1H3. The smallest absolute Gasteiger partial charge is 0.229 e. The van der Waals surface area contributed by atoms with Crippen LogP contribution in [0.15, 0.2) is 48.5 Å². The highest BCUT2D eigenvalue weighted by atomic mass is 35.5. The SMILES string of the molecule is COc1cccc(N2CC(C(=O)N3CCSC3c3ccc(Cl)cc3)CC2=O)c1. The summed E-state index contributed by atoms with van der Waals surface area (Å²) in [6.45, 7) is 1.10. The lowest BCUT2D eigenvalue weighted by molar-refractivity contribution is -0.136. The fourth-order valence-corrected chi connectivity index (χ4v) is 5.12. The fraction of sp³-hybridized carbons (Fsp3) is 0.333. The van der Waals surface area contributed by atoms with Gasteiger partial charge >= 0.3 is 0 Å². The van der Waals surface area contributed by atoms with Crippen molar-refractivity contribution in [1.82, 2.24) is 4.90 Å². The molecule has 2 heterocycles. The number of halogens is 1. The molecule has 0 bridgehead atoms. The summed E-state index contributed by atoms with van der Waals surface area (Å²) in [4.78, 5) is 29.4. The maximum atomic E-state index is 13.2. The number of rotatable bonds is 4. The maximum absolute atomic E-state index is 13.2. The summed E-state index contributed by atoms with van der Waals surface area (Å²) in [7, 11) is 1.60. The van der Waals surface area contributed by atoms with Crippen LogP contribution in [0.5, 0.6) is 5.75 Å². The maximum Gasteiger partial charge on any atom is 0.229 e. The highest BCUT2D eigenvalue weighted by Gasteiger charge is 2.41. The lowest BCUT2D eigenvalue weighted by Gasteiger charge is -2.27. The Bertz CT molecular complexity index is 889. The largest absolute Gasteiger partial charge is 0.497 e. The number of hydrogen-bond donors (Lipinski definition) is 0. The van der Waals surface area contributed by atoms with Gasteiger partial charge in [-0.3, -0.25) is 9.59 Å². The number of carbonyl (C=O) groups is 2. The van der Waals surface area contributed by atoms with Crippen LogP contribution < -0.4 is 9.64 Å².